The third-order valence-corrected chi connectivity index (χ3v) is 4.19. The van der Waals surface area contributed by atoms with Gasteiger partial charge in [-0.1, -0.05) is 0 Å². The fourth-order valence-corrected chi connectivity index (χ4v) is 2.88. The second kappa shape index (κ2) is 5.55. The van der Waals surface area contributed by atoms with Crippen LogP contribution in [-0.2, 0) is 9.53 Å². The number of nitrogens with one attached hydrogen (secondary N) is 1. The molecule has 0 radical (unpaired) electrons. The molecule has 3 aliphatic rings. The summed E-state index contributed by atoms with van der Waals surface area (Å²) in [4.78, 5) is 16.5. The van der Waals surface area contributed by atoms with Crippen molar-refractivity contribution in [2.75, 3.05) is 45.9 Å². The quantitative estimate of drug-likeness (QED) is 0.745. The number of ether oxygens (including phenoxy) is 1. The summed E-state index contributed by atoms with van der Waals surface area (Å²) in [5.41, 5.74) is 0. The van der Waals surface area contributed by atoms with Crippen LogP contribution < -0.4 is 5.32 Å². The second-order valence-corrected chi connectivity index (χ2v) is 5.59. The van der Waals surface area contributed by atoms with Crippen molar-refractivity contribution in [3.05, 3.63) is 0 Å². The summed E-state index contributed by atoms with van der Waals surface area (Å²) in [6.45, 7) is 5.69. The SMILES string of the molecule is O=C(CNC1CCN(C2CC2)C1)N1CCOCC1. The van der Waals surface area contributed by atoms with Gasteiger partial charge in [-0.2, -0.15) is 0 Å². The van der Waals surface area contributed by atoms with Gasteiger partial charge in [0.25, 0.3) is 0 Å². The molecule has 1 saturated carbocycles. The van der Waals surface area contributed by atoms with Crippen LogP contribution in [-0.4, -0.2) is 73.7 Å². The van der Waals surface area contributed by atoms with E-state index < -0.39 is 0 Å². The largest absolute Gasteiger partial charge is 0.378 e. The molecule has 1 unspecified atom stereocenters. The maximum absolute atomic E-state index is 12.0. The van der Waals surface area contributed by atoms with Gasteiger partial charge in [-0.15, -0.1) is 0 Å². The number of carbonyl (C=O) groups is 1. The smallest absolute Gasteiger partial charge is 0.236 e. The second-order valence-electron chi connectivity index (χ2n) is 5.59. The first-order chi connectivity index (χ1) is 8.83. The third kappa shape index (κ3) is 3.02. The summed E-state index contributed by atoms with van der Waals surface area (Å²) in [6, 6.07) is 1.36. The predicted molar refractivity (Wildman–Crippen MR) is 68.4 cm³/mol. The zero-order valence-corrected chi connectivity index (χ0v) is 10.9. The zero-order chi connectivity index (χ0) is 12.4. The molecular formula is C13H23N3O2. The van der Waals surface area contributed by atoms with E-state index in [9.17, 15) is 4.79 Å². The number of likely N-dealkylation sites (tertiary alicyclic amines) is 1. The monoisotopic (exact) mass is 253 g/mol. The Morgan fingerprint density at radius 2 is 1.94 bits per heavy atom. The summed E-state index contributed by atoms with van der Waals surface area (Å²) < 4.78 is 5.25. The standard InChI is InChI=1S/C13H23N3O2/c17-13(15-5-7-18-8-6-15)9-14-11-3-4-16(10-11)12-1-2-12/h11-12,14H,1-10H2. The number of nitrogens with zero attached hydrogens (tertiary/aromatic N) is 2. The van der Waals surface area contributed by atoms with Gasteiger partial charge in [0, 0.05) is 38.3 Å². The molecule has 1 atom stereocenters. The fraction of sp³-hybridized carbons (Fsp3) is 0.923. The van der Waals surface area contributed by atoms with Crippen LogP contribution in [0.1, 0.15) is 19.3 Å². The molecule has 0 aromatic heterocycles. The minimum absolute atomic E-state index is 0.225. The molecule has 3 rings (SSSR count). The lowest BCUT2D eigenvalue weighted by Crippen LogP contribution is -2.46. The zero-order valence-electron chi connectivity index (χ0n) is 10.9. The summed E-state index contributed by atoms with van der Waals surface area (Å²) in [7, 11) is 0. The molecule has 0 aromatic rings. The van der Waals surface area contributed by atoms with E-state index in [-0.39, 0.29) is 5.91 Å². The van der Waals surface area contributed by atoms with Crippen LogP contribution in [0.2, 0.25) is 0 Å². The maximum Gasteiger partial charge on any atom is 0.236 e. The summed E-state index contributed by atoms with van der Waals surface area (Å²) in [6.07, 6.45) is 3.94. The highest BCUT2D eigenvalue weighted by atomic mass is 16.5. The summed E-state index contributed by atoms with van der Waals surface area (Å²) in [5, 5.41) is 3.42. The van der Waals surface area contributed by atoms with Gasteiger partial charge in [0.05, 0.1) is 19.8 Å². The summed E-state index contributed by atoms with van der Waals surface area (Å²) >= 11 is 0. The van der Waals surface area contributed by atoms with E-state index in [1.54, 1.807) is 0 Å². The van der Waals surface area contributed by atoms with Gasteiger partial charge in [0.2, 0.25) is 5.91 Å². The van der Waals surface area contributed by atoms with Crippen molar-refractivity contribution >= 4 is 5.91 Å². The molecule has 5 nitrogen and oxygen atoms in total. The van der Waals surface area contributed by atoms with E-state index in [1.807, 2.05) is 4.90 Å². The third-order valence-electron chi connectivity index (χ3n) is 4.19. The molecule has 3 fully saturated rings. The van der Waals surface area contributed by atoms with Gasteiger partial charge in [0.15, 0.2) is 0 Å². The number of morpholine rings is 1. The number of hydrogen-bond acceptors (Lipinski definition) is 4. The molecule has 2 heterocycles. The molecule has 102 valence electrons. The van der Waals surface area contributed by atoms with E-state index in [1.165, 1.54) is 25.8 Å². The summed E-state index contributed by atoms with van der Waals surface area (Å²) in [5.74, 6) is 0.225. The molecule has 1 N–H and O–H groups in total. The van der Waals surface area contributed by atoms with Gasteiger partial charge >= 0.3 is 0 Å². The number of amides is 1. The van der Waals surface area contributed by atoms with Crippen molar-refractivity contribution in [1.82, 2.24) is 15.1 Å². The van der Waals surface area contributed by atoms with Crippen molar-refractivity contribution in [3.63, 3.8) is 0 Å². The van der Waals surface area contributed by atoms with Crippen molar-refractivity contribution in [1.29, 1.82) is 0 Å². The van der Waals surface area contributed by atoms with Gasteiger partial charge in [0.1, 0.15) is 0 Å². The molecule has 1 amide bonds. The minimum Gasteiger partial charge on any atom is -0.378 e. The Bertz CT molecular complexity index is 301. The average Bonchev–Trinajstić information content (AvgIpc) is 3.16. The molecule has 5 heteroatoms. The molecule has 2 saturated heterocycles. The molecule has 0 spiro atoms. The van der Waals surface area contributed by atoms with E-state index in [0.29, 0.717) is 25.8 Å². The van der Waals surface area contributed by atoms with Crippen molar-refractivity contribution < 1.29 is 9.53 Å². The molecule has 2 aliphatic heterocycles. The molecule has 0 bridgehead atoms. The van der Waals surface area contributed by atoms with Crippen LogP contribution in [0.4, 0.5) is 0 Å². The van der Waals surface area contributed by atoms with Gasteiger partial charge in [-0.25, -0.2) is 0 Å². The Morgan fingerprint density at radius 3 is 2.67 bits per heavy atom. The number of carbonyl (C=O) groups excluding carboxylic acids is 1. The van der Waals surface area contributed by atoms with Crippen molar-refractivity contribution in [3.8, 4) is 0 Å². The Kier molecular flexibility index (Phi) is 3.82. The highest BCUT2D eigenvalue weighted by molar-refractivity contribution is 5.78. The molecule has 18 heavy (non-hydrogen) atoms. The molecular weight excluding hydrogens is 230 g/mol. The predicted octanol–water partition coefficient (Wildman–Crippen LogP) is -0.328. The van der Waals surface area contributed by atoms with Crippen LogP contribution in [0.3, 0.4) is 0 Å². The van der Waals surface area contributed by atoms with Crippen molar-refractivity contribution in [2.45, 2.75) is 31.3 Å². The first kappa shape index (κ1) is 12.4. The fourth-order valence-electron chi connectivity index (χ4n) is 2.88. The molecule has 0 aromatic carbocycles. The highest BCUT2D eigenvalue weighted by Crippen LogP contribution is 2.29. The molecule has 1 aliphatic carbocycles. The van der Waals surface area contributed by atoms with Crippen molar-refractivity contribution in [2.24, 2.45) is 0 Å². The van der Waals surface area contributed by atoms with Crippen LogP contribution >= 0.6 is 0 Å². The van der Waals surface area contributed by atoms with Crippen LogP contribution in [0.5, 0.6) is 0 Å². The van der Waals surface area contributed by atoms with Crippen LogP contribution in [0.25, 0.3) is 0 Å². The Balaban J connectivity index is 1.37. The Morgan fingerprint density at radius 1 is 1.17 bits per heavy atom. The first-order valence-corrected chi connectivity index (χ1v) is 7.16. The van der Waals surface area contributed by atoms with E-state index in [0.717, 1.165) is 25.7 Å². The number of rotatable bonds is 4. The normalized spacial score (nSPS) is 29.8. The lowest BCUT2D eigenvalue weighted by Gasteiger charge is -2.27. The Hall–Kier alpha value is -0.650. The Labute approximate surface area is 108 Å². The van der Waals surface area contributed by atoms with Gasteiger partial charge in [-0.05, 0) is 19.3 Å². The van der Waals surface area contributed by atoms with Crippen LogP contribution in [0.15, 0.2) is 0 Å². The topological polar surface area (TPSA) is 44.8 Å². The number of hydrogen-bond donors (Lipinski definition) is 1. The lowest BCUT2D eigenvalue weighted by atomic mass is 10.2. The van der Waals surface area contributed by atoms with Crippen LogP contribution in [0, 0.1) is 0 Å². The minimum atomic E-state index is 0.225. The first-order valence-electron chi connectivity index (χ1n) is 7.16. The lowest BCUT2D eigenvalue weighted by molar-refractivity contribution is -0.134. The highest BCUT2D eigenvalue weighted by Gasteiger charge is 2.34. The van der Waals surface area contributed by atoms with Gasteiger partial charge in [-0.3, -0.25) is 9.69 Å². The maximum atomic E-state index is 12.0. The van der Waals surface area contributed by atoms with Gasteiger partial charge < -0.3 is 15.0 Å². The average molecular weight is 253 g/mol. The van der Waals surface area contributed by atoms with E-state index >= 15 is 0 Å². The van der Waals surface area contributed by atoms with E-state index in [4.69, 9.17) is 4.74 Å². The van der Waals surface area contributed by atoms with E-state index in [2.05, 4.69) is 10.2 Å².